The first-order valence-corrected chi connectivity index (χ1v) is 19.5. The van der Waals surface area contributed by atoms with E-state index < -0.39 is 125 Å². The van der Waals surface area contributed by atoms with Crippen LogP contribution in [0, 0.1) is 28.6 Å². The Hall–Kier alpha value is -4.54. The normalized spacial score (nSPS) is 35.0. The lowest BCUT2D eigenvalue weighted by atomic mass is 9.42. The van der Waals surface area contributed by atoms with Gasteiger partial charge in [-0.05, 0) is 45.4 Å². The molecule has 1 heterocycles. The number of esters is 2. The summed E-state index contributed by atoms with van der Waals surface area (Å²) < 4.78 is 29.8. The molecule has 15 nitrogen and oxygen atoms in total. The van der Waals surface area contributed by atoms with Crippen LogP contribution in [0.4, 0.5) is 4.79 Å². The highest BCUT2D eigenvalue weighted by Crippen LogP contribution is 2.64. The van der Waals surface area contributed by atoms with Crippen LogP contribution in [0.3, 0.4) is 0 Å². The van der Waals surface area contributed by atoms with E-state index in [9.17, 15) is 44.1 Å². The van der Waals surface area contributed by atoms with Crippen molar-refractivity contribution >= 4 is 35.9 Å². The summed E-state index contributed by atoms with van der Waals surface area (Å²) in [6.07, 6.45) is -8.73. The SMILES string of the molecule is CC1C2C(=O)C(=O)[C@@]3(C)[C@H]([C@H](OC(=O)c4ccccc4)[C@](O)(C[C@@H]1OC(=O)[C@H](O)[C@@H](NC(=O)OC(C)(C)C)c1ccccc1)C2(C)C)[C@]1(OCC=O)CO[C@@H]1C[C@@H]3O. The number of aliphatic hydroxyl groups is 3. The molecule has 1 amide bonds. The summed E-state index contributed by atoms with van der Waals surface area (Å²) in [5.41, 5.74) is -8.04. The van der Waals surface area contributed by atoms with Crippen LogP contribution >= 0.6 is 0 Å². The second-order valence-corrected chi connectivity index (χ2v) is 17.8. The van der Waals surface area contributed by atoms with Crippen molar-refractivity contribution in [2.75, 3.05) is 13.2 Å². The van der Waals surface area contributed by atoms with Crippen LogP contribution in [-0.2, 0) is 42.9 Å². The number of fused-ring (bicyclic) bond motifs is 5. The number of hydrogen-bond donors (Lipinski definition) is 4. The maximum absolute atomic E-state index is 14.9. The lowest BCUT2D eigenvalue weighted by Gasteiger charge is -2.68. The molecule has 1 aliphatic heterocycles. The summed E-state index contributed by atoms with van der Waals surface area (Å²) in [5.74, 6) is -7.96. The maximum Gasteiger partial charge on any atom is 0.408 e. The second-order valence-electron chi connectivity index (χ2n) is 17.8. The van der Waals surface area contributed by atoms with Crippen LogP contribution in [0.1, 0.15) is 83.3 Å². The summed E-state index contributed by atoms with van der Waals surface area (Å²) in [7, 11) is 0. The number of benzene rings is 2. The van der Waals surface area contributed by atoms with Gasteiger partial charge in [0.1, 0.15) is 41.9 Å². The van der Waals surface area contributed by atoms with E-state index in [1.807, 2.05) is 0 Å². The van der Waals surface area contributed by atoms with Crippen molar-refractivity contribution in [1.29, 1.82) is 0 Å². The first-order valence-electron chi connectivity index (χ1n) is 19.5. The lowest BCUT2D eigenvalue weighted by molar-refractivity contribution is -0.357. The number of ether oxygens (including phenoxy) is 5. The molecule has 4 N–H and O–H groups in total. The number of hydrogen-bond acceptors (Lipinski definition) is 14. The molecule has 2 unspecified atom stereocenters. The molecular formula is C43H53NO14. The quantitative estimate of drug-likeness (QED) is 0.117. The zero-order chi connectivity index (χ0) is 42.6. The number of rotatable bonds is 10. The molecule has 4 fully saturated rings. The van der Waals surface area contributed by atoms with Crippen LogP contribution < -0.4 is 5.32 Å². The standard InChI is InChI=1S/C43H53NO14/c1-23-26(56-37(51)32(48)30(24-14-10-8-11-15-24)44-38(52)58-39(2,3)4)21-43(53)35(57-36(50)25-16-12-9-13-17-25)33-41(7,34(49)31(47)29(23)40(43,5)6)27(46)20-28-42(33,22-54-28)55-19-18-45/h8-18,23,26-30,32-33,35,46,48,53H,19-22H2,1-7H3,(H,44,52)/t23?,26-,27-,28+,29?,30-,32+,33-,35-,41+,42-,43+/m0/s1. The van der Waals surface area contributed by atoms with Crippen molar-refractivity contribution in [1.82, 2.24) is 5.32 Å². The van der Waals surface area contributed by atoms with Crippen molar-refractivity contribution < 1.29 is 67.8 Å². The van der Waals surface area contributed by atoms with Crippen LogP contribution in [0.2, 0.25) is 0 Å². The number of ketones is 2. The van der Waals surface area contributed by atoms with E-state index in [-0.39, 0.29) is 18.6 Å². The van der Waals surface area contributed by atoms with Crippen molar-refractivity contribution in [3.8, 4) is 0 Å². The van der Waals surface area contributed by atoms with Gasteiger partial charge in [0, 0.05) is 36.0 Å². The molecule has 2 aromatic rings. The third-order valence-electron chi connectivity index (χ3n) is 13.0. The molecule has 58 heavy (non-hydrogen) atoms. The van der Waals surface area contributed by atoms with E-state index in [1.165, 1.54) is 19.1 Å². The van der Waals surface area contributed by atoms with Gasteiger partial charge in [-0.15, -0.1) is 0 Å². The van der Waals surface area contributed by atoms with Gasteiger partial charge in [-0.2, -0.15) is 0 Å². The lowest BCUT2D eigenvalue weighted by Crippen LogP contribution is -2.82. The van der Waals surface area contributed by atoms with Gasteiger partial charge in [-0.25, -0.2) is 14.4 Å². The first-order chi connectivity index (χ1) is 27.1. The average Bonchev–Trinajstić information content (AvgIpc) is 3.16. The highest BCUT2D eigenvalue weighted by Gasteiger charge is 2.78. The van der Waals surface area contributed by atoms with Gasteiger partial charge in [0.2, 0.25) is 11.6 Å². The largest absolute Gasteiger partial charge is 0.460 e. The summed E-state index contributed by atoms with van der Waals surface area (Å²) in [6.45, 7) is 10.3. The van der Waals surface area contributed by atoms with Crippen molar-refractivity contribution in [2.24, 2.45) is 28.6 Å². The minimum atomic E-state index is -2.32. The number of carbonyl (C=O) groups is 6. The molecular weight excluding hydrogens is 754 g/mol. The molecule has 12 atom stereocenters. The van der Waals surface area contributed by atoms with Gasteiger partial charge in [0.25, 0.3) is 0 Å². The Morgan fingerprint density at radius 2 is 1.62 bits per heavy atom. The van der Waals surface area contributed by atoms with Crippen molar-refractivity contribution in [2.45, 2.75) is 115 Å². The smallest absolute Gasteiger partial charge is 0.408 e. The molecule has 2 bridgehead atoms. The maximum atomic E-state index is 14.9. The van der Waals surface area contributed by atoms with Crippen molar-refractivity contribution in [3.63, 3.8) is 0 Å². The summed E-state index contributed by atoms with van der Waals surface area (Å²) in [4.78, 5) is 82.6. The van der Waals surface area contributed by atoms with Crippen LogP contribution in [0.15, 0.2) is 60.7 Å². The number of carbonyl (C=O) groups excluding carboxylic acids is 6. The van der Waals surface area contributed by atoms with Gasteiger partial charge < -0.3 is 49.1 Å². The Labute approximate surface area is 336 Å². The zero-order valence-corrected chi connectivity index (χ0v) is 33.7. The second kappa shape index (κ2) is 15.6. The van der Waals surface area contributed by atoms with Crippen LogP contribution in [0.25, 0.3) is 0 Å². The number of nitrogens with one attached hydrogen (secondary N) is 1. The molecule has 0 spiro atoms. The summed E-state index contributed by atoms with van der Waals surface area (Å²) in [5, 5.41) is 39.4. The Kier molecular flexibility index (Phi) is 11.6. The molecule has 3 aliphatic carbocycles. The number of aliphatic hydroxyl groups excluding tert-OH is 2. The average molecular weight is 808 g/mol. The highest BCUT2D eigenvalue weighted by molar-refractivity contribution is 6.40. The number of Topliss-reactive ketones (excluding diaryl/α,β-unsaturated/α-hetero) is 2. The zero-order valence-electron chi connectivity index (χ0n) is 33.7. The van der Waals surface area contributed by atoms with Crippen LogP contribution in [0.5, 0.6) is 0 Å². The minimum absolute atomic E-state index is 0.0898. The summed E-state index contributed by atoms with van der Waals surface area (Å²) >= 11 is 0. The fraction of sp³-hybridized carbons (Fsp3) is 0.581. The molecule has 15 heteroatoms. The van der Waals surface area contributed by atoms with Crippen molar-refractivity contribution in [3.05, 3.63) is 71.8 Å². The Bertz CT molecular complexity index is 1910. The molecule has 0 aromatic heterocycles. The van der Waals surface area contributed by atoms with Gasteiger partial charge >= 0.3 is 18.0 Å². The van der Waals surface area contributed by atoms with E-state index in [2.05, 4.69) is 5.32 Å². The fourth-order valence-corrected chi connectivity index (χ4v) is 9.86. The Morgan fingerprint density at radius 1 is 1.00 bits per heavy atom. The molecule has 6 rings (SSSR count). The van der Waals surface area contributed by atoms with Gasteiger partial charge in [-0.3, -0.25) is 9.59 Å². The first kappa shape index (κ1) is 43.0. The topological polar surface area (TPSA) is 221 Å². The summed E-state index contributed by atoms with van der Waals surface area (Å²) in [6, 6.07) is 14.7. The monoisotopic (exact) mass is 807 g/mol. The molecule has 4 aliphatic rings. The van der Waals surface area contributed by atoms with E-state index in [1.54, 1.807) is 90.1 Å². The third-order valence-corrected chi connectivity index (χ3v) is 13.0. The number of aldehydes is 1. The highest BCUT2D eigenvalue weighted by atomic mass is 16.6. The van der Waals surface area contributed by atoms with Crippen LogP contribution in [-0.4, -0.2) is 112 Å². The van der Waals surface area contributed by atoms with E-state index >= 15 is 0 Å². The molecule has 0 radical (unpaired) electrons. The Morgan fingerprint density at radius 3 is 2.19 bits per heavy atom. The van der Waals surface area contributed by atoms with Gasteiger partial charge in [0.05, 0.1) is 35.8 Å². The van der Waals surface area contributed by atoms with E-state index in [0.29, 0.717) is 11.8 Å². The Balaban J connectivity index is 1.46. The van der Waals surface area contributed by atoms with E-state index in [0.717, 1.165) is 0 Å². The minimum Gasteiger partial charge on any atom is -0.460 e. The molecule has 3 saturated carbocycles. The van der Waals surface area contributed by atoms with Gasteiger partial charge in [-0.1, -0.05) is 69.3 Å². The third kappa shape index (κ3) is 7.14. The molecule has 1 saturated heterocycles. The fourth-order valence-electron chi connectivity index (χ4n) is 9.86. The molecule has 2 aromatic carbocycles. The molecule has 314 valence electrons. The number of amides is 1. The van der Waals surface area contributed by atoms with E-state index in [4.69, 9.17) is 23.7 Å². The van der Waals surface area contributed by atoms with Gasteiger partial charge in [0.15, 0.2) is 6.10 Å². The number of alkyl carbamates (subject to hydrolysis) is 1. The predicted octanol–water partition coefficient (Wildman–Crippen LogP) is 3.06. The predicted molar refractivity (Wildman–Crippen MR) is 203 cm³/mol.